The van der Waals surface area contributed by atoms with Gasteiger partial charge in [-0.3, -0.25) is 0 Å². The van der Waals surface area contributed by atoms with Crippen LogP contribution >= 0.6 is 23.5 Å². The third kappa shape index (κ3) is 1.81. The van der Waals surface area contributed by atoms with Gasteiger partial charge in [-0.1, -0.05) is 13.8 Å². The average Bonchev–Trinajstić information content (AvgIpc) is 2.13. The van der Waals surface area contributed by atoms with Crippen molar-refractivity contribution < 1.29 is 0 Å². The van der Waals surface area contributed by atoms with Crippen molar-refractivity contribution in [2.24, 2.45) is 0 Å². The van der Waals surface area contributed by atoms with Crippen LogP contribution in [0, 0.1) is 0 Å². The van der Waals surface area contributed by atoms with Crippen molar-refractivity contribution in [2.75, 3.05) is 5.75 Å². The minimum atomic E-state index is 0.541. The molecule has 2 atom stereocenters. The van der Waals surface area contributed by atoms with E-state index in [0.29, 0.717) is 4.08 Å². The minimum Gasteiger partial charge on any atom is -0.143 e. The van der Waals surface area contributed by atoms with Gasteiger partial charge < -0.3 is 0 Å². The first-order valence-electron chi connectivity index (χ1n) is 3.48. The van der Waals surface area contributed by atoms with Crippen LogP contribution in [0.5, 0.6) is 0 Å². The summed E-state index contributed by atoms with van der Waals surface area (Å²) in [4.78, 5) is 0. The van der Waals surface area contributed by atoms with Gasteiger partial charge in [-0.2, -0.15) is 0 Å². The van der Waals surface area contributed by atoms with Crippen LogP contribution in [0.2, 0.25) is 0 Å². The Morgan fingerprint density at radius 3 is 2.56 bits per heavy atom. The molecule has 1 heterocycles. The molecule has 1 aliphatic rings. The van der Waals surface area contributed by atoms with Crippen molar-refractivity contribution in [3.05, 3.63) is 0 Å². The SMILES string of the molecule is CC[C@]1(C)SC[C@@H](C)S1. The van der Waals surface area contributed by atoms with Crippen molar-refractivity contribution in [1.82, 2.24) is 0 Å². The molecule has 0 aliphatic carbocycles. The standard InChI is InChI=1S/C7H14S2/c1-4-7(3)8-5-6(2)9-7/h6H,4-5H2,1-3H3/t6-,7-/m1/s1. The highest BCUT2D eigenvalue weighted by molar-refractivity contribution is 8.21. The van der Waals surface area contributed by atoms with Crippen molar-refractivity contribution in [1.29, 1.82) is 0 Å². The molecule has 54 valence electrons. The molecule has 1 aliphatic heterocycles. The fraction of sp³-hybridized carbons (Fsp3) is 1.00. The van der Waals surface area contributed by atoms with E-state index in [4.69, 9.17) is 0 Å². The maximum absolute atomic E-state index is 2.35. The monoisotopic (exact) mass is 162 g/mol. The van der Waals surface area contributed by atoms with Crippen LogP contribution in [0.3, 0.4) is 0 Å². The van der Waals surface area contributed by atoms with Gasteiger partial charge in [0.1, 0.15) is 0 Å². The number of hydrogen-bond acceptors (Lipinski definition) is 2. The number of thioether (sulfide) groups is 2. The maximum Gasteiger partial charge on any atom is 0.0583 e. The second-order valence-electron chi connectivity index (χ2n) is 2.73. The van der Waals surface area contributed by atoms with Crippen LogP contribution in [-0.2, 0) is 0 Å². The van der Waals surface area contributed by atoms with Crippen LogP contribution in [-0.4, -0.2) is 15.1 Å². The predicted octanol–water partition coefficient (Wildman–Crippen LogP) is 2.98. The molecule has 9 heavy (non-hydrogen) atoms. The first kappa shape index (κ1) is 7.80. The topological polar surface area (TPSA) is 0 Å². The van der Waals surface area contributed by atoms with Gasteiger partial charge in [-0.05, 0) is 13.3 Å². The Bertz CT molecular complexity index is 103. The molecular formula is C7H14S2. The minimum absolute atomic E-state index is 0.541. The normalized spacial score (nSPS) is 43.7. The zero-order chi connectivity index (χ0) is 6.91. The van der Waals surface area contributed by atoms with Crippen molar-refractivity contribution in [3.63, 3.8) is 0 Å². The van der Waals surface area contributed by atoms with Gasteiger partial charge in [0.05, 0.1) is 4.08 Å². The molecule has 2 heteroatoms. The summed E-state index contributed by atoms with van der Waals surface area (Å²) < 4.78 is 0.541. The van der Waals surface area contributed by atoms with Gasteiger partial charge in [0.2, 0.25) is 0 Å². The van der Waals surface area contributed by atoms with Gasteiger partial charge in [-0.15, -0.1) is 23.5 Å². The third-order valence-corrected chi connectivity index (χ3v) is 5.49. The molecule has 0 spiro atoms. The van der Waals surface area contributed by atoms with Crippen LogP contribution in [0.15, 0.2) is 0 Å². The lowest BCUT2D eigenvalue weighted by Gasteiger charge is -2.18. The number of hydrogen-bond donors (Lipinski definition) is 0. The molecule has 0 saturated carbocycles. The second-order valence-corrected chi connectivity index (χ2v) is 6.45. The highest BCUT2D eigenvalue weighted by Crippen LogP contribution is 2.49. The number of rotatable bonds is 1. The van der Waals surface area contributed by atoms with E-state index in [0.717, 1.165) is 5.25 Å². The largest absolute Gasteiger partial charge is 0.143 e. The fourth-order valence-electron chi connectivity index (χ4n) is 0.973. The van der Waals surface area contributed by atoms with Crippen molar-refractivity contribution >= 4 is 23.5 Å². The van der Waals surface area contributed by atoms with Gasteiger partial charge >= 0.3 is 0 Å². The quantitative estimate of drug-likeness (QED) is 0.581. The zero-order valence-corrected chi connectivity index (χ0v) is 7.94. The van der Waals surface area contributed by atoms with Crippen LogP contribution < -0.4 is 0 Å². The summed E-state index contributed by atoms with van der Waals surface area (Å²) >= 11 is 4.25. The third-order valence-electron chi connectivity index (χ3n) is 1.72. The van der Waals surface area contributed by atoms with E-state index in [1.807, 2.05) is 0 Å². The lowest BCUT2D eigenvalue weighted by atomic mass is 10.4. The lowest BCUT2D eigenvalue weighted by Crippen LogP contribution is -2.08. The Labute approximate surface area is 66.2 Å². The summed E-state index contributed by atoms with van der Waals surface area (Å²) in [5, 5.41) is 0.875. The van der Waals surface area contributed by atoms with E-state index in [1.54, 1.807) is 0 Å². The van der Waals surface area contributed by atoms with E-state index in [1.165, 1.54) is 12.2 Å². The summed E-state index contributed by atoms with van der Waals surface area (Å²) in [7, 11) is 0. The summed E-state index contributed by atoms with van der Waals surface area (Å²) in [6.45, 7) is 6.95. The zero-order valence-electron chi connectivity index (χ0n) is 6.31. The van der Waals surface area contributed by atoms with E-state index in [2.05, 4.69) is 44.3 Å². The second kappa shape index (κ2) is 2.75. The van der Waals surface area contributed by atoms with Gasteiger partial charge in [0.25, 0.3) is 0 Å². The van der Waals surface area contributed by atoms with Gasteiger partial charge in [0.15, 0.2) is 0 Å². The molecular weight excluding hydrogens is 148 g/mol. The summed E-state index contributed by atoms with van der Waals surface area (Å²) in [5.74, 6) is 1.34. The molecule has 1 fully saturated rings. The van der Waals surface area contributed by atoms with Crippen LogP contribution in [0.1, 0.15) is 27.2 Å². The predicted molar refractivity (Wildman–Crippen MR) is 48.2 cm³/mol. The highest BCUT2D eigenvalue weighted by Gasteiger charge is 2.32. The molecule has 0 bridgehead atoms. The van der Waals surface area contributed by atoms with E-state index in [9.17, 15) is 0 Å². The lowest BCUT2D eigenvalue weighted by molar-refractivity contribution is 0.853. The Morgan fingerprint density at radius 1 is 1.67 bits per heavy atom. The Morgan fingerprint density at radius 2 is 2.33 bits per heavy atom. The van der Waals surface area contributed by atoms with Crippen molar-refractivity contribution in [3.8, 4) is 0 Å². The van der Waals surface area contributed by atoms with Crippen molar-refractivity contribution in [2.45, 2.75) is 36.5 Å². The molecule has 0 aromatic heterocycles. The Hall–Kier alpha value is 0.700. The molecule has 1 saturated heterocycles. The van der Waals surface area contributed by atoms with E-state index in [-0.39, 0.29) is 0 Å². The Kier molecular flexibility index (Phi) is 2.38. The molecule has 1 rings (SSSR count). The summed E-state index contributed by atoms with van der Waals surface area (Å²) in [6, 6.07) is 0. The summed E-state index contributed by atoms with van der Waals surface area (Å²) in [5.41, 5.74) is 0. The van der Waals surface area contributed by atoms with Crippen LogP contribution in [0.25, 0.3) is 0 Å². The molecule has 0 amide bonds. The molecule has 0 aromatic carbocycles. The molecule has 0 radical (unpaired) electrons. The first-order chi connectivity index (χ1) is 4.16. The first-order valence-corrected chi connectivity index (χ1v) is 5.34. The average molecular weight is 162 g/mol. The van der Waals surface area contributed by atoms with E-state index < -0.39 is 0 Å². The highest BCUT2D eigenvalue weighted by atomic mass is 32.2. The molecule has 0 nitrogen and oxygen atoms in total. The smallest absolute Gasteiger partial charge is 0.0583 e. The van der Waals surface area contributed by atoms with Gasteiger partial charge in [0, 0.05) is 11.0 Å². The molecule has 0 unspecified atom stereocenters. The van der Waals surface area contributed by atoms with Gasteiger partial charge in [-0.25, -0.2) is 0 Å². The van der Waals surface area contributed by atoms with Crippen LogP contribution in [0.4, 0.5) is 0 Å². The molecule has 0 N–H and O–H groups in total. The fourth-order valence-corrected chi connectivity index (χ4v) is 4.23. The maximum atomic E-state index is 2.35. The Balaban J connectivity index is 2.45. The molecule has 0 aromatic rings. The van der Waals surface area contributed by atoms with E-state index >= 15 is 0 Å². The summed E-state index contributed by atoms with van der Waals surface area (Å²) in [6.07, 6.45) is 1.30.